The molecule has 2 rings (SSSR count). The van der Waals surface area contributed by atoms with E-state index < -0.39 is 15.9 Å². The predicted octanol–water partition coefficient (Wildman–Crippen LogP) is 2.93. The normalized spacial score (nSPS) is 12.9. The molecular weight excluding hydrogens is 298 g/mol. The molecule has 0 bridgehead atoms. The zero-order chi connectivity index (χ0) is 16.2. The first kappa shape index (κ1) is 16.5. The minimum atomic E-state index is -3.17. The van der Waals surface area contributed by atoms with E-state index in [2.05, 4.69) is 5.32 Å². The SMILES string of the molecule is CCS(=O)(=O)c1ccc(NC[C@@H](O)c2cccc(C)c2)cc1. The fourth-order valence-electron chi connectivity index (χ4n) is 2.16. The number of nitrogens with one attached hydrogen (secondary N) is 1. The Bertz CT molecular complexity index is 724. The van der Waals surface area contributed by atoms with E-state index in [1.54, 1.807) is 31.2 Å². The zero-order valence-electron chi connectivity index (χ0n) is 12.8. The van der Waals surface area contributed by atoms with Crippen LogP contribution in [0, 0.1) is 6.92 Å². The third-order valence-electron chi connectivity index (χ3n) is 3.52. The van der Waals surface area contributed by atoms with Gasteiger partial charge in [0.25, 0.3) is 0 Å². The van der Waals surface area contributed by atoms with Crippen LogP contribution < -0.4 is 5.32 Å². The van der Waals surface area contributed by atoms with Crippen molar-refractivity contribution in [1.29, 1.82) is 0 Å². The Hall–Kier alpha value is -1.85. The molecule has 0 fully saturated rings. The standard InChI is InChI=1S/C17H21NO3S/c1-3-22(20,21)16-9-7-15(8-10-16)18-12-17(19)14-6-4-5-13(2)11-14/h4-11,17-19H,3,12H2,1-2H3/t17-/m1/s1. The molecule has 118 valence electrons. The monoisotopic (exact) mass is 319 g/mol. The van der Waals surface area contributed by atoms with E-state index in [9.17, 15) is 13.5 Å². The summed E-state index contributed by atoms with van der Waals surface area (Å²) >= 11 is 0. The van der Waals surface area contributed by atoms with E-state index >= 15 is 0 Å². The third-order valence-corrected chi connectivity index (χ3v) is 5.27. The number of anilines is 1. The van der Waals surface area contributed by atoms with Gasteiger partial charge in [-0.25, -0.2) is 8.42 Å². The number of hydrogen-bond donors (Lipinski definition) is 2. The molecule has 2 N–H and O–H groups in total. The fourth-order valence-corrected chi connectivity index (χ4v) is 3.04. The molecule has 5 heteroatoms. The van der Waals surface area contributed by atoms with Gasteiger partial charge in [-0.1, -0.05) is 36.8 Å². The summed E-state index contributed by atoms with van der Waals surface area (Å²) in [7, 11) is -3.17. The summed E-state index contributed by atoms with van der Waals surface area (Å²) in [5.41, 5.74) is 2.74. The number of sulfone groups is 1. The Kier molecular flexibility index (Phi) is 5.21. The Morgan fingerprint density at radius 2 is 1.82 bits per heavy atom. The average Bonchev–Trinajstić information content (AvgIpc) is 2.53. The minimum Gasteiger partial charge on any atom is -0.387 e. The van der Waals surface area contributed by atoms with Crippen molar-refractivity contribution in [3.05, 3.63) is 59.7 Å². The molecule has 0 heterocycles. The van der Waals surface area contributed by atoms with Crippen LogP contribution in [0.25, 0.3) is 0 Å². The second-order valence-corrected chi connectivity index (χ2v) is 7.52. The maximum Gasteiger partial charge on any atom is 0.178 e. The van der Waals surface area contributed by atoms with Crippen molar-refractivity contribution in [3.63, 3.8) is 0 Å². The lowest BCUT2D eigenvalue weighted by Crippen LogP contribution is -2.12. The molecule has 0 unspecified atom stereocenters. The van der Waals surface area contributed by atoms with Gasteiger partial charge in [0.05, 0.1) is 16.8 Å². The van der Waals surface area contributed by atoms with Gasteiger partial charge in [-0.2, -0.15) is 0 Å². The molecule has 2 aromatic carbocycles. The third kappa shape index (κ3) is 4.08. The van der Waals surface area contributed by atoms with Gasteiger partial charge in [-0.3, -0.25) is 0 Å². The van der Waals surface area contributed by atoms with Crippen molar-refractivity contribution in [2.75, 3.05) is 17.6 Å². The highest BCUT2D eigenvalue weighted by Crippen LogP contribution is 2.18. The van der Waals surface area contributed by atoms with Gasteiger partial charge in [0.1, 0.15) is 0 Å². The Morgan fingerprint density at radius 1 is 1.14 bits per heavy atom. The summed E-state index contributed by atoms with van der Waals surface area (Å²) in [5.74, 6) is 0.0891. The van der Waals surface area contributed by atoms with E-state index in [4.69, 9.17) is 0 Å². The molecule has 4 nitrogen and oxygen atoms in total. The first-order chi connectivity index (χ1) is 10.4. The molecule has 22 heavy (non-hydrogen) atoms. The maximum absolute atomic E-state index is 11.7. The molecule has 0 radical (unpaired) electrons. The van der Waals surface area contributed by atoms with Gasteiger partial charge in [0.15, 0.2) is 9.84 Å². The van der Waals surface area contributed by atoms with Crippen molar-refractivity contribution >= 4 is 15.5 Å². The van der Waals surface area contributed by atoms with Crippen LogP contribution in [0.3, 0.4) is 0 Å². The van der Waals surface area contributed by atoms with Crippen LogP contribution in [0.1, 0.15) is 24.2 Å². The number of aryl methyl sites for hydroxylation is 1. The summed E-state index contributed by atoms with van der Waals surface area (Å²) in [6, 6.07) is 14.3. The number of benzene rings is 2. The van der Waals surface area contributed by atoms with Crippen LogP contribution in [0.5, 0.6) is 0 Å². The van der Waals surface area contributed by atoms with Crippen LogP contribution in [-0.2, 0) is 9.84 Å². The zero-order valence-corrected chi connectivity index (χ0v) is 13.6. The number of rotatable bonds is 6. The predicted molar refractivity (Wildman–Crippen MR) is 88.8 cm³/mol. The van der Waals surface area contributed by atoms with Gasteiger partial charge in [-0.15, -0.1) is 0 Å². The van der Waals surface area contributed by atoms with E-state index in [-0.39, 0.29) is 5.75 Å². The molecule has 0 amide bonds. The fraction of sp³-hybridized carbons (Fsp3) is 0.294. The Balaban J connectivity index is 2.00. The molecule has 0 aliphatic carbocycles. The molecule has 1 atom stereocenters. The van der Waals surface area contributed by atoms with E-state index in [0.29, 0.717) is 11.4 Å². The second-order valence-electron chi connectivity index (χ2n) is 5.24. The number of aliphatic hydroxyl groups excluding tert-OH is 1. The van der Waals surface area contributed by atoms with Crippen molar-refractivity contribution in [1.82, 2.24) is 0 Å². The van der Waals surface area contributed by atoms with Gasteiger partial charge in [-0.05, 0) is 36.8 Å². The van der Waals surface area contributed by atoms with E-state index in [1.165, 1.54) is 0 Å². The lowest BCUT2D eigenvalue weighted by molar-refractivity contribution is 0.191. The highest BCUT2D eigenvalue weighted by molar-refractivity contribution is 7.91. The van der Waals surface area contributed by atoms with Crippen LogP contribution in [-0.4, -0.2) is 25.8 Å². The van der Waals surface area contributed by atoms with Gasteiger partial charge < -0.3 is 10.4 Å². The number of aliphatic hydroxyl groups is 1. The first-order valence-corrected chi connectivity index (χ1v) is 8.89. The summed E-state index contributed by atoms with van der Waals surface area (Å²) in [6.45, 7) is 3.97. The van der Waals surface area contributed by atoms with Crippen molar-refractivity contribution in [3.8, 4) is 0 Å². The average molecular weight is 319 g/mol. The van der Waals surface area contributed by atoms with Crippen molar-refractivity contribution in [2.45, 2.75) is 24.8 Å². The quantitative estimate of drug-likeness (QED) is 0.859. The van der Waals surface area contributed by atoms with Crippen LogP contribution in [0.4, 0.5) is 5.69 Å². The highest BCUT2D eigenvalue weighted by atomic mass is 32.2. The molecular formula is C17H21NO3S. The van der Waals surface area contributed by atoms with Crippen LogP contribution >= 0.6 is 0 Å². The van der Waals surface area contributed by atoms with Crippen molar-refractivity contribution < 1.29 is 13.5 Å². The lowest BCUT2D eigenvalue weighted by atomic mass is 10.1. The van der Waals surface area contributed by atoms with Crippen LogP contribution in [0.2, 0.25) is 0 Å². The van der Waals surface area contributed by atoms with Crippen LogP contribution in [0.15, 0.2) is 53.4 Å². The largest absolute Gasteiger partial charge is 0.387 e. The lowest BCUT2D eigenvalue weighted by Gasteiger charge is -2.14. The summed E-state index contributed by atoms with van der Waals surface area (Å²) in [6.07, 6.45) is -0.612. The van der Waals surface area contributed by atoms with Gasteiger partial charge >= 0.3 is 0 Å². The van der Waals surface area contributed by atoms with Gasteiger partial charge in [0, 0.05) is 12.2 Å². The molecule has 0 saturated heterocycles. The van der Waals surface area contributed by atoms with E-state index in [1.807, 2.05) is 31.2 Å². The van der Waals surface area contributed by atoms with Crippen molar-refractivity contribution in [2.24, 2.45) is 0 Å². The first-order valence-electron chi connectivity index (χ1n) is 7.23. The Morgan fingerprint density at radius 3 is 2.41 bits per heavy atom. The summed E-state index contributed by atoms with van der Waals surface area (Å²) in [5, 5.41) is 13.3. The molecule has 2 aromatic rings. The topological polar surface area (TPSA) is 66.4 Å². The summed E-state index contributed by atoms with van der Waals surface area (Å²) in [4.78, 5) is 0.319. The molecule has 0 spiro atoms. The number of hydrogen-bond acceptors (Lipinski definition) is 4. The molecule has 0 aliphatic rings. The maximum atomic E-state index is 11.7. The molecule has 0 aliphatic heterocycles. The van der Waals surface area contributed by atoms with E-state index in [0.717, 1.165) is 16.8 Å². The smallest absolute Gasteiger partial charge is 0.178 e. The Labute approximate surface area is 131 Å². The molecule has 0 saturated carbocycles. The highest BCUT2D eigenvalue weighted by Gasteiger charge is 2.11. The molecule has 0 aromatic heterocycles. The minimum absolute atomic E-state index is 0.0891. The summed E-state index contributed by atoms with van der Waals surface area (Å²) < 4.78 is 23.5. The second kappa shape index (κ2) is 6.94. The van der Waals surface area contributed by atoms with Gasteiger partial charge in [0.2, 0.25) is 0 Å².